The highest BCUT2D eigenvalue weighted by Gasteiger charge is 2.26. The first-order chi connectivity index (χ1) is 10.1. The summed E-state index contributed by atoms with van der Waals surface area (Å²) in [4.78, 5) is 0. The van der Waals surface area contributed by atoms with Gasteiger partial charge in [0, 0.05) is 6.07 Å². The lowest BCUT2D eigenvalue weighted by Crippen LogP contribution is -2.37. The first-order valence-electron chi connectivity index (χ1n) is 7.26. The molecule has 0 aliphatic carbocycles. The monoisotopic (exact) mass is 287 g/mol. The van der Waals surface area contributed by atoms with Crippen molar-refractivity contribution in [1.82, 2.24) is 5.32 Å². The third kappa shape index (κ3) is 4.05. The Labute approximate surface area is 126 Å². The second kappa shape index (κ2) is 7.23. The Morgan fingerprint density at radius 3 is 2.29 bits per heavy atom. The molecule has 2 aromatic rings. The van der Waals surface area contributed by atoms with Crippen LogP contribution in [-0.2, 0) is 0 Å². The third-order valence-corrected chi connectivity index (χ3v) is 3.52. The number of hydrogen-bond acceptors (Lipinski definition) is 2. The summed E-state index contributed by atoms with van der Waals surface area (Å²) in [5.74, 6) is 0.562. The van der Waals surface area contributed by atoms with Crippen molar-refractivity contribution in [3.63, 3.8) is 0 Å². The molecule has 2 unspecified atom stereocenters. The minimum absolute atomic E-state index is 0.0504. The molecule has 2 rings (SSSR count). The first-order valence-corrected chi connectivity index (χ1v) is 7.26. The van der Waals surface area contributed by atoms with Crippen LogP contribution in [0, 0.1) is 11.7 Å². The lowest BCUT2D eigenvalue weighted by molar-refractivity contribution is 0.110. The van der Waals surface area contributed by atoms with Crippen molar-refractivity contribution in [1.29, 1.82) is 0 Å². The van der Waals surface area contributed by atoms with Crippen molar-refractivity contribution in [2.45, 2.75) is 26.0 Å². The third-order valence-electron chi connectivity index (χ3n) is 3.52. The van der Waals surface area contributed by atoms with Crippen LogP contribution in [0.3, 0.4) is 0 Å². The van der Waals surface area contributed by atoms with E-state index in [2.05, 4.69) is 31.3 Å². The summed E-state index contributed by atoms with van der Waals surface area (Å²) < 4.78 is 19.4. The number of likely N-dealkylation sites (N-methyl/N-ethyl adjacent to an activating group) is 1. The zero-order chi connectivity index (χ0) is 15.2. The van der Waals surface area contributed by atoms with Gasteiger partial charge in [-0.15, -0.1) is 0 Å². The molecular formula is C18H22FNO. The van der Waals surface area contributed by atoms with Crippen LogP contribution in [-0.4, -0.2) is 13.2 Å². The Morgan fingerprint density at radius 2 is 1.71 bits per heavy atom. The Bertz CT molecular complexity index is 556. The molecule has 21 heavy (non-hydrogen) atoms. The normalized spacial score (nSPS) is 14.0. The van der Waals surface area contributed by atoms with E-state index in [1.54, 1.807) is 12.1 Å². The molecule has 0 bridgehead atoms. The van der Waals surface area contributed by atoms with Crippen molar-refractivity contribution in [2.75, 3.05) is 7.05 Å². The smallest absolute Gasteiger partial charge is 0.126 e. The maximum Gasteiger partial charge on any atom is 0.126 e. The summed E-state index contributed by atoms with van der Waals surface area (Å²) in [6.45, 7) is 4.22. The summed E-state index contributed by atoms with van der Waals surface area (Å²) in [7, 11) is 1.92. The summed E-state index contributed by atoms with van der Waals surface area (Å²) in [6, 6.07) is 16.5. The van der Waals surface area contributed by atoms with Crippen LogP contribution in [0.15, 0.2) is 54.6 Å². The van der Waals surface area contributed by atoms with E-state index in [1.165, 1.54) is 12.1 Å². The molecule has 0 aromatic heterocycles. The van der Waals surface area contributed by atoms with Crippen LogP contribution in [0.2, 0.25) is 0 Å². The average molecular weight is 287 g/mol. The van der Waals surface area contributed by atoms with Gasteiger partial charge in [0.15, 0.2) is 0 Å². The van der Waals surface area contributed by atoms with Gasteiger partial charge in [-0.2, -0.15) is 0 Å². The van der Waals surface area contributed by atoms with Gasteiger partial charge in [-0.3, -0.25) is 0 Å². The van der Waals surface area contributed by atoms with E-state index in [0.717, 1.165) is 5.56 Å². The van der Waals surface area contributed by atoms with Gasteiger partial charge < -0.3 is 10.1 Å². The summed E-state index contributed by atoms with van der Waals surface area (Å²) in [5.41, 5.74) is 1.16. The molecule has 2 aromatic carbocycles. The molecule has 3 heteroatoms. The topological polar surface area (TPSA) is 21.3 Å². The van der Waals surface area contributed by atoms with Crippen molar-refractivity contribution in [3.05, 3.63) is 66.0 Å². The number of benzene rings is 2. The van der Waals surface area contributed by atoms with Crippen LogP contribution in [0.5, 0.6) is 5.75 Å². The van der Waals surface area contributed by atoms with E-state index < -0.39 is 0 Å². The van der Waals surface area contributed by atoms with Gasteiger partial charge in [0.05, 0.1) is 6.04 Å². The molecule has 0 aliphatic rings. The number of ether oxygens (including phenoxy) is 1. The van der Waals surface area contributed by atoms with E-state index in [4.69, 9.17) is 4.74 Å². The highest BCUT2D eigenvalue weighted by molar-refractivity contribution is 5.25. The Hall–Kier alpha value is -1.87. The standard InChI is InChI=1S/C18H22FNO/c1-13(2)18(21-16-11-7-10-15(19)12-16)17(20-3)14-8-5-4-6-9-14/h4-13,17-18,20H,1-3H3. The fourth-order valence-electron chi connectivity index (χ4n) is 2.47. The summed E-state index contributed by atoms with van der Waals surface area (Å²) in [6.07, 6.45) is -0.0841. The van der Waals surface area contributed by atoms with E-state index >= 15 is 0 Å². The number of halogens is 1. The SMILES string of the molecule is CNC(c1ccccc1)C(Oc1cccc(F)c1)C(C)C. The maximum atomic E-state index is 13.3. The molecule has 0 fully saturated rings. The molecule has 0 saturated carbocycles. The van der Waals surface area contributed by atoms with E-state index in [0.29, 0.717) is 5.75 Å². The van der Waals surface area contributed by atoms with E-state index in [1.807, 2.05) is 25.2 Å². The van der Waals surface area contributed by atoms with Crippen molar-refractivity contribution in [3.8, 4) is 5.75 Å². The van der Waals surface area contributed by atoms with Crippen LogP contribution >= 0.6 is 0 Å². The maximum absolute atomic E-state index is 13.3. The van der Waals surface area contributed by atoms with Gasteiger partial charge in [-0.25, -0.2) is 4.39 Å². The largest absolute Gasteiger partial charge is 0.488 e. The molecule has 0 amide bonds. The lowest BCUT2D eigenvalue weighted by atomic mass is 9.93. The lowest BCUT2D eigenvalue weighted by Gasteiger charge is -2.31. The van der Waals surface area contributed by atoms with Gasteiger partial charge in [0.2, 0.25) is 0 Å². The quantitative estimate of drug-likeness (QED) is 0.860. The molecule has 0 aliphatic heterocycles. The fourth-order valence-corrected chi connectivity index (χ4v) is 2.47. The average Bonchev–Trinajstić information content (AvgIpc) is 2.48. The minimum atomic E-state index is -0.282. The zero-order valence-corrected chi connectivity index (χ0v) is 12.7. The van der Waals surface area contributed by atoms with Gasteiger partial charge in [-0.05, 0) is 30.7 Å². The van der Waals surface area contributed by atoms with Crippen LogP contribution in [0.4, 0.5) is 4.39 Å². The molecule has 2 nitrogen and oxygen atoms in total. The number of nitrogens with one attached hydrogen (secondary N) is 1. The fraction of sp³-hybridized carbons (Fsp3) is 0.333. The summed E-state index contributed by atoms with van der Waals surface area (Å²) in [5, 5.41) is 3.32. The predicted octanol–water partition coefficient (Wildman–Crippen LogP) is 4.19. The minimum Gasteiger partial charge on any atom is -0.488 e. The van der Waals surface area contributed by atoms with Gasteiger partial charge in [0.25, 0.3) is 0 Å². The number of hydrogen-bond donors (Lipinski definition) is 1. The first kappa shape index (κ1) is 15.5. The second-order valence-electron chi connectivity index (χ2n) is 5.46. The van der Waals surface area contributed by atoms with Crippen LogP contribution < -0.4 is 10.1 Å². The van der Waals surface area contributed by atoms with Crippen LogP contribution in [0.25, 0.3) is 0 Å². The molecule has 1 N–H and O–H groups in total. The predicted molar refractivity (Wildman–Crippen MR) is 83.9 cm³/mol. The van der Waals surface area contributed by atoms with Gasteiger partial charge in [0.1, 0.15) is 17.7 Å². The van der Waals surface area contributed by atoms with Gasteiger partial charge in [-0.1, -0.05) is 50.2 Å². The Kier molecular flexibility index (Phi) is 5.34. The van der Waals surface area contributed by atoms with E-state index in [-0.39, 0.29) is 23.9 Å². The van der Waals surface area contributed by atoms with Gasteiger partial charge >= 0.3 is 0 Å². The second-order valence-corrected chi connectivity index (χ2v) is 5.46. The van der Waals surface area contributed by atoms with E-state index in [9.17, 15) is 4.39 Å². The molecule has 112 valence electrons. The highest BCUT2D eigenvalue weighted by Crippen LogP contribution is 2.27. The van der Waals surface area contributed by atoms with Crippen LogP contribution in [0.1, 0.15) is 25.5 Å². The highest BCUT2D eigenvalue weighted by atomic mass is 19.1. The zero-order valence-electron chi connectivity index (χ0n) is 12.7. The Morgan fingerprint density at radius 1 is 1.00 bits per heavy atom. The number of rotatable bonds is 6. The molecule has 0 spiro atoms. The Balaban J connectivity index is 2.25. The molecular weight excluding hydrogens is 265 g/mol. The van der Waals surface area contributed by atoms with Crippen molar-refractivity contribution in [2.24, 2.45) is 5.92 Å². The molecule has 2 atom stereocenters. The molecule has 0 radical (unpaired) electrons. The van der Waals surface area contributed by atoms with Crippen molar-refractivity contribution < 1.29 is 9.13 Å². The summed E-state index contributed by atoms with van der Waals surface area (Å²) >= 11 is 0. The molecule has 0 heterocycles. The van der Waals surface area contributed by atoms with Crippen molar-refractivity contribution >= 4 is 0 Å². The molecule has 0 saturated heterocycles.